The van der Waals surface area contributed by atoms with Crippen molar-refractivity contribution < 1.29 is 14.0 Å². The highest BCUT2D eigenvalue weighted by atomic mass is 16.7. The van der Waals surface area contributed by atoms with E-state index in [0.29, 0.717) is 23.5 Å². The summed E-state index contributed by atoms with van der Waals surface area (Å²) in [6.07, 6.45) is 2.81. The van der Waals surface area contributed by atoms with E-state index in [4.69, 9.17) is 14.0 Å². The minimum atomic E-state index is -0.302. The summed E-state index contributed by atoms with van der Waals surface area (Å²) in [5.41, 5.74) is 2.93. The fourth-order valence-electron chi connectivity index (χ4n) is 2.72. The summed E-state index contributed by atoms with van der Waals surface area (Å²) in [6, 6.07) is 5.56. The second-order valence-electron chi connectivity index (χ2n) is 5.95. The van der Waals surface area contributed by atoms with Crippen molar-refractivity contribution in [1.29, 1.82) is 0 Å². The van der Waals surface area contributed by atoms with Gasteiger partial charge in [-0.2, -0.15) is 0 Å². The molecule has 1 aliphatic heterocycles. The van der Waals surface area contributed by atoms with E-state index >= 15 is 0 Å². The van der Waals surface area contributed by atoms with E-state index in [1.807, 2.05) is 19.1 Å². The average molecular weight is 315 g/mol. The number of ether oxygens (including phenoxy) is 1. The van der Waals surface area contributed by atoms with E-state index < -0.39 is 0 Å². The van der Waals surface area contributed by atoms with Crippen LogP contribution in [0, 0.1) is 13.8 Å². The van der Waals surface area contributed by atoms with Gasteiger partial charge in [-0.15, -0.1) is 0 Å². The lowest BCUT2D eigenvalue weighted by atomic mass is 10.1. The van der Waals surface area contributed by atoms with Gasteiger partial charge in [-0.25, -0.2) is 4.79 Å². The molecule has 1 unspecified atom stereocenters. The summed E-state index contributed by atoms with van der Waals surface area (Å²) in [7, 11) is 0. The van der Waals surface area contributed by atoms with Crippen LogP contribution in [0.5, 0.6) is 5.75 Å². The fourth-order valence-corrected chi connectivity index (χ4v) is 2.72. The van der Waals surface area contributed by atoms with Crippen molar-refractivity contribution in [3.8, 4) is 5.75 Å². The molecule has 1 aromatic carbocycles. The Hall–Kier alpha value is -2.30. The van der Waals surface area contributed by atoms with Crippen LogP contribution in [0.1, 0.15) is 37.3 Å². The molecular formula is C18H21NO4. The Morgan fingerprint density at radius 1 is 1.30 bits per heavy atom. The van der Waals surface area contributed by atoms with Gasteiger partial charge >= 0.3 is 5.63 Å². The molecule has 0 bridgehead atoms. The zero-order valence-electron chi connectivity index (χ0n) is 13.7. The fraction of sp³-hybridized carbons (Fsp3) is 0.444. The predicted molar refractivity (Wildman–Crippen MR) is 89.3 cm³/mol. The number of hydrogen-bond donors (Lipinski definition) is 0. The summed E-state index contributed by atoms with van der Waals surface area (Å²) in [4.78, 5) is 17.2. The molecule has 2 heterocycles. The van der Waals surface area contributed by atoms with Crippen LogP contribution in [0.3, 0.4) is 0 Å². The summed E-state index contributed by atoms with van der Waals surface area (Å²) >= 11 is 0. The summed E-state index contributed by atoms with van der Waals surface area (Å²) in [5.74, 6) is 0.663. The van der Waals surface area contributed by atoms with E-state index in [2.05, 4.69) is 12.1 Å². The number of nitrogens with zero attached hydrogens (tertiary/aromatic N) is 1. The Labute approximate surface area is 134 Å². The largest absolute Gasteiger partial charge is 0.489 e. The third kappa shape index (κ3) is 3.23. The van der Waals surface area contributed by atoms with E-state index in [9.17, 15) is 4.79 Å². The first kappa shape index (κ1) is 15.6. The van der Waals surface area contributed by atoms with Gasteiger partial charge in [0.25, 0.3) is 0 Å². The smallest absolute Gasteiger partial charge is 0.339 e. The number of oxime groups is 1. The molecule has 0 amide bonds. The maximum absolute atomic E-state index is 11.8. The van der Waals surface area contributed by atoms with Gasteiger partial charge in [-0.3, -0.25) is 0 Å². The molecule has 0 spiro atoms. The van der Waals surface area contributed by atoms with Crippen LogP contribution in [-0.2, 0) is 4.84 Å². The number of aryl methyl sites for hydroxylation is 1. The first-order valence-corrected chi connectivity index (χ1v) is 7.97. The summed E-state index contributed by atoms with van der Waals surface area (Å²) in [6.45, 7) is 6.25. The minimum absolute atomic E-state index is 0.0426. The zero-order valence-corrected chi connectivity index (χ0v) is 13.7. The van der Waals surface area contributed by atoms with Gasteiger partial charge in [0.2, 0.25) is 0 Å². The van der Waals surface area contributed by atoms with Gasteiger partial charge in [-0.1, -0.05) is 18.5 Å². The van der Waals surface area contributed by atoms with Crippen LogP contribution in [0.2, 0.25) is 0 Å². The molecular weight excluding hydrogens is 294 g/mol. The molecule has 2 aromatic rings. The van der Waals surface area contributed by atoms with Gasteiger partial charge in [0, 0.05) is 23.4 Å². The maximum Gasteiger partial charge on any atom is 0.339 e. The first-order valence-electron chi connectivity index (χ1n) is 7.97. The quantitative estimate of drug-likeness (QED) is 0.789. The first-order chi connectivity index (χ1) is 11.1. The Morgan fingerprint density at radius 3 is 2.91 bits per heavy atom. The highest BCUT2D eigenvalue weighted by Crippen LogP contribution is 2.24. The van der Waals surface area contributed by atoms with E-state index in [1.54, 1.807) is 13.0 Å². The molecule has 0 aliphatic carbocycles. The highest BCUT2D eigenvalue weighted by molar-refractivity contribution is 5.85. The van der Waals surface area contributed by atoms with E-state index in [1.165, 1.54) is 0 Å². The standard InChI is InChI=1S/C18H21NO4/c1-4-5-13-8-15(23-19-13)10-21-14-6-7-16-11(2)12(3)18(20)22-17(16)9-14/h6-7,9,15H,4-5,8,10H2,1-3H3. The third-order valence-electron chi connectivity index (χ3n) is 4.20. The van der Waals surface area contributed by atoms with Crippen LogP contribution < -0.4 is 10.4 Å². The number of hydrogen-bond acceptors (Lipinski definition) is 5. The van der Waals surface area contributed by atoms with Crippen LogP contribution in [0.4, 0.5) is 0 Å². The normalized spacial score (nSPS) is 17.2. The van der Waals surface area contributed by atoms with Gasteiger partial charge in [-0.05, 0) is 38.0 Å². The molecule has 3 rings (SSSR count). The number of fused-ring (bicyclic) bond motifs is 1. The molecule has 1 aromatic heterocycles. The lowest BCUT2D eigenvalue weighted by Gasteiger charge is -2.11. The second kappa shape index (κ2) is 6.44. The Kier molecular flexibility index (Phi) is 4.37. The molecule has 1 aliphatic rings. The average Bonchev–Trinajstić information content (AvgIpc) is 2.98. The molecule has 122 valence electrons. The highest BCUT2D eigenvalue weighted by Gasteiger charge is 2.21. The molecule has 1 atom stereocenters. The molecule has 0 N–H and O–H groups in total. The van der Waals surface area contributed by atoms with Gasteiger partial charge in [0.1, 0.15) is 17.9 Å². The SMILES string of the molecule is CCCC1=NOC(COc2ccc3c(C)c(C)c(=O)oc3c2)C1. The molecule has 5 nitrogen and oxygen atoms in total. The van der Waals surface area contributed by atoms with Crippen LogP contribution in [-0.4, -0.2) is 18.4 Å². The topological polar surface area (TPSA) is 61.0 Å². The zero-order chi connectivity index (χ0) is 16.4. The maximum atomic E-state index is 11.8. The van der Waals surface area contributed by atoms with Gasteiger partial charge in [0.15, 0.2) is 6.10 Å². The number of rotatable bonds is 5. The van der Waals surface area contributed by atoms with Crippen molar-refractivity contribution in [1.82, 2.24) is 0 Å². The molecule has 0 saturated heterocycles. The number of benzene rings is 1. The second-order valence-corrected chi connectivity index (χ2v) is 5.95. The van der Waals surface area contributed by atoms with Crippen molar-refractivity contribution in [3.63, 3.8) is 0 Å². The van der Waals surface area contributed by atoms with Crippen molar-refractivity contribution >= 4 is 16.7 Å². The van der Waals surface area contributed by atoms with Gasteiger partial charge < -0.3 is 14.0 Å². The summed E-state index contributed by atoms with van der Waals surface area (Å²) < 4.78 is 11.1. The van der Waals surface area contributed by atoms with Crippen molar-refractivity contribution in [3.05, 3.63) is 39.7 Å². The van der Waals surface area contributed by atoms with Crippen molar-refractivity contribution in [2.24, 2.45) is 5.16 Å². The predicted octanol–water partition coefficient (Wildman–Crippen LogP) is 3.73. The van der Waals surface area contributed by atoms with Crippen molar-refractivity contribution in [2.75, 3.05) is 6.61 Å². The molecule has 23 heavy (non-hydrogen) atoms. The minimum Gasteiger partial charge on any atom is -0.489 e. The van der Waals surface area contributed by atoms with E-state index in [-0.39, 0.29) is 11.7 Å². The Morgan fingerprint density at radius 2 is 2.13 bits per heavy atom. The third-order valence-corrected chi connectivity index (χ3v) is 4.20. The monoisotopic (exact) mass is 315 g/mol. The van der Waals surface area contributed by atoms with Gasteiger partial charge in [0.05, 0.1) is 5.71 Å². The summed E-state index contributed by atoms with van der Waals surface area (Å²) in [5, 5.41) is 5.01. The van der Waals surface area contributed by atoms with Crippen LogP contribution in [0.15, 0.2) is 32.6 Å². The van der Waals surface area contributed by atoms with Crippen molar-refractivity contribution in [2.45, 2.75) is 46.1 Å². The molecule has 0 saturated carbocycles. The van der Waals surface area contributed by atoms with Crippen LogP contribution >= 0.6 is 0 Å². The Balaban J connectivity index is 1.70. The molecule has 5 heteroatoms. The lowest BCUT2D eigenvalue weighted by molar-refractivity contribution is 0.0471. The van der Waals surface area contributed by atoms with E-state index in [0.717, 1.165) is 35.9 Å². The molecule has 0 radical (unpaired) electrons. The Bertz CT molecular complexity index is 807. The lowest BCUT2D eigenvalue weighted by Crippen LogP contribution is -2.18. The van der Waals surface area contributed by atoms with Crippen LogP contribution in [0.25, 0.3) is 11.0 Å². The molecule has 0 fully saturated rings.